The molecule has 0 saturated heterocycles. The summed E-state index contributed by atoms with van der Waals surface area (Å²) in [5.74, 6) is 0.978. The van der Waals surface area contributed by atoms with Gasteiger partial charge in [-0.1, -0.05) is 37.3 Å². The largest absolute Gasteiger partial charge is 0.455 e. The van der Waals surface area contributed by atoms with Crippen LogP contribution < -0.4 is 10.1 Å². The van der Waals surface area contributed by atoms with Gasteiger partial charge in [0.1, 0.15) is 5.75 Å². The maximum absolute atomic E-state index is 12.5. The molecule has 0 spiro atoms. The summed E-state index contributed by atoms with van der Waals surface area (Å²) in [7, 11) is 0. The third-order valence-electron chi connectivity index (χ3n) is 5.09. The number of para-hydroxylation sites is 3. The molecule has 1 aliphatic carbocycles. The zero-order chi connectivity index (χ0) is 20.9. The molecule has 1 amide bonds. The molecule has 154 valence electrons. The van der Waals surface area contributed by atoms with Gasteiger partial charge in [0.25, 0.3) is 5.91 Å². The molecule has 3 aromatic rings. The first-order chi connectivity index (χ1) is 14.6. The van der Waals surface area contributed by atoms with Gasteiger partial charge in [0.05, 0.1) is 11.3 Å². The molecule has 0 fully saturated rings. The Labute approximate surface area is 179 Å². The second kappa shape index (κ2) is 9.13. The van der Waals surface area contributed by atoms with Crippen molar-refractivity contribution in [2.75, 3.05) is 11.9 Å². The highest BCUT2D eigenvalue weighted by Gasteiger charge is 2.24. The lowest BCUT2D eigenvalue weighted by atomic mass is 9.88. The first kappa shape index (κ1) is 20.2. The number of rotatable bonds is 6. The first-order valence-corrected chi connectivity index (χ1v) is 10.9. The van der Waals surface area contributed by atoms with Crippen LogP contribution in [0.3, 0.4) is 0 Å². The number of hydrogen-bond donors (Lipinski definition) is 1. The lowest BCUT2D eigenvalue weighted by molar-refractivity contribution is -0.119. The summed E-state index contributed by atoms with van der Waals surface area (Å²) >= 11 is 1.61. The summed E-state index contributed by atoms with van der Waals surface area (Å²) in [5.41, 5.74) is 2.21. The molecule has 1 N–H and O–H groups in total. The Morgan fingerprint density at radius 1 is 1.10 bits per heavy atom. The minimum absolute atomic E-state index is 0.348. The van der Waals surface area contributed by atoms with E-state index in [2.05, 4.69) is 12.2 Å². The Balaban J connectivity index is 1.36. The molecule has 1 aromatic heterocycles. The van der Waals surface area contributed by atoms with Crippen LogP contribution in [0.1, 0.15) is 34.1 Å². The predicted octanol–water partition coefficient (Wildman–Crippen LogP) is 5.46. The van der Waals surface area contributed by atoms with Gasteiger partial charge >= 0.3 is 5.97 Å². The van der Waals surface area contributed by atoms with E-state index in [0.717, 1.165) is 24.8 Å². The average molecular weight is 422 g/mol. The highest BCUT2D eigenvalue weighted by atomic mass is 32.1. The quantitative estimate of drug-likeness (QED) is 0.537. The topological polar surface area (TPSA) is 64.6 Å². The van der Waals surface area contributed by atoms with Crippen molar-refractivity contribution < 1.29 is 19.1 Å². The predicted molar refractivity (Wildman–Crippen MR) is 117 cm³/mol. The molecule has 0 aliphatic heterocycles. The first-order valence-electron chi connectivity index (χ1n) is 9.98. The molecule has 1 aliphatic rings. The summed E-state index contributed by atoms with van der Waals surface area (Å²) < 4.78 is 11.1. The molecule has 1 atom stereocenters. The van der Waals surface area contributed by atoms with E-state index < -0.39 is 11.9 Å². The minimum atomic E-state index is -0.439. The van der Waals surface area contributed by atoms with Crippen molar-refractivity contribution >= 4 is 28.9 Å². The van der Waals surface area contributed by atoms with Crippen LogP contribution in [0.2, 0.25) is 0 Å². The van der Waals surface area contributed by atoms with Crippen LogP contribution >= 0.6 is 11.3 Å². The van der Waals surface area contributed by atoms with E-state index in [9.17, 15) is 9.59 Å². The van der Waals surface area contributed by atoms with Crippen LogP contribution in [0.15, 0.2) is 60.0 Å². The van der Waals surface area contributed by atoms with E-state index in [1.807, 2.05) is 41.8 Å². The molecular weight excluding hydrogens is 398 g/mol. The van der Waals surface area contributed by atoms with Crippen molar-refractivity contribution in [2.45, 2.75) is 26.2 Å². The lowest BCUT2D eigenvalue weighted by Crippen LogP contribution is -2.22. The molecule has 6 heteroatoms. The van der Waals surface area contributed by atoms with Gasteiger partial charge in [-0.25, -0.2) is 4.79 Å². The van der Waals surface area contributed by atoms with Crippen LogP contribution in [0.25, 0.3) is 0 Å². The number of amides is 1. The van der Waals surface area contributed by atoms with Crippen LogP contribution in [0.5, 0.6) is 11.5 Å². The number of esters is 1. The van der Waals surface area contributed by atoms with Crippen LogP contribution in [-0.4, -0.2) is 18.5 Å². The smallest absolute Gasteiger partial charge is 0.339 e. The van der Waals surface area contributed by atoms with Crippen molar-refractivity contribution in [1.82, 2.24) is 0 Å². The summed E-state index contributed by atoms with van der Waals surface area (Å²) in [6, 6.07) is 16.5. The van der Waals surface area contributed by atoms with Crippen LogP contribution in [-0.2, 0) is 22.4 Å². The number of fused-ring (bicyclic) bond motifs is 1. The van der Waals surface area contributed by atoms with Crippen LogP contribution in [0, 0.1) is 5.92 Å². The van der Waals surface area contributed by atoms with Crippen LogP contribution in [0.4, 0.5) is 5.69 Å². The van der Waals surface area contributed by atoms with E-state index in [4.69, 9.17) is 9.47 Å². The molecule has 5 nitrogen and oxygen atoms in total. The van der Waals surface area contributed by atoms with Gasteiger partial charge in [-0.05, 0) is 55.0 Å². The van der Waals surface area contributed by atoms with E-state index in [1.165, 1.54) is 4.88 Å². The Bertz CT molecular complexity index is 1040. The summed E-state index contributed by atoms with van der Waals surface area (Å²) in [5, 5.41) is 4.61. The summed E-state index contributed by atoms with van der Waals surface area (Å²) in [6.45, 7) is 1.88. The zero-order valence-corrected chi connectivity index (χ0v) is 17.5. The standard InChI is InChI=1S/C24H23NO4S/c1-16-11-12-18-19(15-30-22(18)13-16)24(27)28-14-23(26)25-20-9-5-6-10-21(20)29-17-7-3-2-4-8-17/h2-10,15-16H,11-14H2,1H3,(H,25,26)/t16-/m1/s1. The van der Waals surface area contributed by atoms with E-state index in [-0.39, 0.29) is 6.61 Å². The second-order valence-electron chi connectivity index (χ2n) is 7.43. The van der Waals surface area contributed by atoms with E-state index in [1.54, 1.807) is 29.5 Å². The molecule has 4 rings (SSSR count). The second-order valence-corrected chi connectivity index (χ2v) is 8.40. The fourth-order valence-corrected chi connectivity index (χ4v) is 4.75. The molecule has 0 saturated carbocycles. The van der Waals surface area contributed by atoms with Crippen molar-refractivity contribution in [3.63, 3.8) is 0 Å². The Morgan fingerprint density at radius 3 is 2.70 bits per heavy atom. The molecule has 1 heterocycles. The highest BCUT2D eigenvalue weighted by Crippen LogP contribution is 2.33. The molecule has 0 bridgehead atoms. The number of thiophene rings is 1. The molecule has 0 unspecified atom stereocenters. The Kier molecular flexibility index (Phi) is 6.14. The highest BCUT2D eigenvalue weighted by molar-refractivity contribution is 7.10. The zero-order valence-electron chi connectivity index (χ0n) is 16.7. The molecule has 2 aromatic carbocycles. The van der Waals surface area contributed by atoms with Gasteiger partial charge < -0.3 is 14.8 Å². The van der Waals surface area contributed by atoms with Gasteiger partial charge in [-0.3, -0.25) is 4.79 Å². The monoisotopic (exact) mass is 421 g/mol. The number of carbonyl (C=O) groups excluding carboxylic acids is 2. The Morgan fingerprint density at radius 2 is 1.87 bits per heavy atom. The van der Waals surface area contributed by atoms with Gasteiger partial charge in [-0.2, -0.15) is 0 Å². The third-order valence-corrected chi connectivity index (χ3v) is 6.14. The number of anilines is 1. The molecule has 0 radical (unpaired) electrons. The van der Waals surface area contributed by atoms with Gasteiger partial charge in [0.15, 0.2) is 12.4 Å². The average Bonchev–Trinajstić information content (AvgIpc) is 3.17. The maximum Gasteiger partial charge on any atom is 0.339 e. The number of benzene rings is 2. The van der Waals surface area contributed by atoms with Gasteiger partial charge in [0.2, 0.25) is 0 Å². The Hall–Kier alpha value is -3.12. The normalized spacial score (nSPS) is 15.2. The lowest BCUT2D eigenvalue weighted by Gasteiger charge is -2.18. The fourth-order valence-electron chi connectivity index (χ4n) is 3.52. The van der Waals surface area contributed by atoms with E-state index >= 15 is 0 Å². The molecule has 30 heavy (non-hydrogen) atoms. The SMILES string of the molecule is C[C@@H]1CCc2c(C(=O)OCC(=O)Nc3ccccc3Oc3ccccc3)csc2C1. The summed E-state index contributed by atoms with van der Waals surface area (Å²) in [4.78, 5) is 26.1. The third kappa shape index (κ3) is 4.71. The number of carbonyl (C=O) groups is 2. The van der Waals surface area contributed by atoms with E-state index in [0.29, 0.717) is 28.7 Å². The van der Waals surface area contributed by atoms with Gasteiger partial charge in [0, 0.05) is 10.3 Å². The van der Waals surface area contributed by atoms with Crippen molar-refractivity contribution in [3.05, 3.63) is 76.0 Å². The van der Waals surface area contributed by atoms with Crippen molar-refractivity contribution in [3.8, 4) is 11.5 Å². The number of ether oxygens (including phenoxy) is 2. The number of nitrogens with one attached hydrogen (secondary N) is 1. The molecular formula is C24H23NO4S. The van der Waals surface area contributed by atoms with Crippen molar-refractivity contribution in [1.29, 1.82) is 0 Å². The van der Waals surface area contributed by atoms with Gasteiger partial charge in [-0.15, -0.1) is 11.3 Å². The fraction of sp³-hybridized carbons (Fsp3) is 0.250. The maximum atomic E-state index is 12.5. The minimum Gasteiger partial charge on any atom is -0.455 e. The summed E-state index contributed by atoms with van der Waals surface area (Å²) in [6.07, 6.45) is 2.97. The number of hydrogen-bond acceptors (Lipinski definition) is 5. The van der Waals surface area contributed by atoms with Crippen molar-refractivity contribution in [2.24, 2.45) is 5.92 Å².